The molecule has 0 aromatic carbocycles. The average molecular weight is 317 g/mol. The molecule has 5 heteroatoms. The third-order valence-corrected chi connectivity index (χ3v) is 5.10. The fourth-order valence-corrected chi connectivity index (χ4v) is 3.83. The van der Waals surface area contributed by atoms with Crippen molar-refractivity contribution >= 4 is 11.6 Å². The van der Waals surface area contributed by atoms with E-state index in [0.717, 1.165) is 31.7 Å². The van der Waals surface area contributed by atoms with Crippen LogP contribution in [0.4, 0.5) is 0 Å². The molecule has 0 N–H and O–H groups in total. The quantitative estimate of drug-likeness (QED) is 0.871. The average Bonchev–Trinajstić information content (AvgIpc) is 3.16. The molecule has 2 aromatic rings. The van der Waals surface area contributed by atoms with E-state index in [1.165, 1.54) is 37.1 Å². The van der Waals surface area contributed by atoms with Crippen LogP contribution < -0.4 is 0 Å². The van der Waals surface area contributed by atoms with Crippen LogP contribution in [-0.4, -0.2) is 32.5 Å². The maximum Gasteiger partial charge on any atom is 0.0954 e. The van der Waals surface area contributed by atoms with Crippen LogP contribution in [0.5, 0.6) is 0 Å². The number of aromatic nitrogens is 3. The van der Waals surface area contributed by atoms with Gasteiger partial charge in [0.05, 0.1) is 22.7 Å². The van der Waals surface area contributed by atoms with E-state index in [-0.39, 0.29) is 0 Å². The van der Waals surface area contributed by atoms with Gasteiger partial charge in [0.1, 0.15) is 0 Å². The molecule has 4 rings (SSSR count). The molecule has 1 atom stereocenters. The molecule has 0 spiro atoms. The van der Waals surface area contributed by atoms with Crippen LogP contribution >= 0.6 is 11.6 Å². The lowest BCUT2D eigenvalue weighted by Crippen LogP contribution is -2.22. The minimum atomic E-state index is 0.571. The predicted octanol–water partition coefficient (Wildman–Crippen LogP) is 3.26. The highest BCUT2D eigenvalue weighted by molar-refractivity contribution is 6.30. The summed E-state index contributed by atoms with van der Waals surface area (Å²) in [6.07, 6.45) is 9.97. The highest BCUT2D eigenvalue weighted by Crippen LogP contribution is 2.28. The molecule has 2 aromatic heterocycles. The molecule has 0 radical (unpaired) electrons. The first-order valence-electron chi connectivity index (χ1n) is 8.17. The molecule has 0 amide bonds. The molecule has 0 saturated carbocycles. The van der Waals surface area contributed by atoms with Gasteiger partial charge < -0.3 is 4.57 Å². The van der Waals surface area contributed by atoms with Gasteiger partial charge in [-0.15, -0.1) is 0 Å². The van der Waals surface area contributed by atoms with Crippen LogP contribution in [0.15, 0.2) is 24.7 Å². The number of halogens is 1. The highest BCUT2D eigenvalue weighted by Gasteiger charge is 2.27. The first kappa shape index (κ1) is 14.2. The Kier molecular flexibility index (Phi) is 3.89. The summed E-state index contributed by atoms with van der Waals surface area (Å²) < 4.78 is 2.45. The van der Waals surface area contributed by atoms with Crippen molar-refractivity contribution in [3.05, 3.63) is 46.8 Å². The Morgan fingerprint density at radius 1 is 1.18 bits per heavy atom. The molecule has 116 valence electrons. The van der Waals surface area contributed by atoms with Gasteiger partial charge in [0.2, 0.25) is 0 Å². The molecule has 2 aliphatic rings. The van der Waals surface area contributed by atoms with Gasteiger partial charge in [0.15, 0.2) is 0 Å². The van der Waals surface area contributed by atoms with Crippen molar-refractivity contribution in [1.82, 2.24) is 19.4 Å². The molecule has 3 heterocycles. The number of rotatable bonds is 3. The summed E-state index contributed by atoms with van der Waals surface area (Å²) in [5.41, 5.74) is 3.92. The van der Waals surface area contributed by atoms with Gasteiger partial charge in [-0.1, -0.05) is 11.6 Å². The summed E-state index contributed by atoms with van der Waals surface area (Å²) in [5, 5.41) is 0.702. The van der Waals surface area contributed by atoms with Gasteiger partial charge in [-0.3, -0.25) is 9.88 Å². The molecule has 1 fully saturated rings. The number of likely N-dealkylation sites (tertiary alicyclic amines) is 1. The normalized spacial score (nSPS) is 22.0. The lowest BCUT2D eigenvalue weighted by atomic mass is 10.0. The summed E-state index contributed by atoms with van der Waals surface area (Å²) in [6.45, 7) is 3.12. The van der Waals surface area contributed by atoms with Crippen molar-refractivity contribution < 1.29 is 0 Å². The Morgan fingerprint density at radius 2 is 2.09 bits per heavy atom. The SMILES string of the molecule is Clc1ccc(CN2CC[C@@H](n3cnc4c3CCCC4)C2)nc1. The van der Waals surface area contributed by atoms with Crippen LogP contribution in [0.25, 0.3) is 0 Å². The second kappa shape index (κ2) is 6.01. The number of aryl methyl sites for hydroxylation is 1. The summed E-state index contributed by atoms with van der Waals surface area (Å²) in [5.74, 6) is 0. The first-order chi connectivity index (χ1) is 10.8. The van der Waals surface area contributed by atoms with E-state index >= 15 is 0 Å². The largest absolute Gasteiger partial charge is 0.330 e. The smallest absolute Gasteiger partial charge is 0.0954 e. The Bertz CT molecular complexity index is 649. The maximum absolute atomic E-state index is 5.90. The highest BCUT2D eigenvalue weighted by atomic mass is 35.5. The van der Waals surface area contributed by atoms with Gasteiger partial charge in [-0.25, -0.2) is 4.98 Å². The molecule has 0 unspecified atom stereocenters. The van der Waals surface area contributed by atoms with Crippen molar-refractivity contribution in [2.75, 3.05) is 13.1 Å². The zero-order valence-electron chi connectivity index (χ0n) is 12.7. The number of hydrogen-bond donors (Lipinski definition) is 0. The number of pyridine rings is 1. The molecule has 1 aliphatic carbocycles. The number of imidazole rings is 1. The van der Waals surface area contributed by atoms with Gasteiger partial charge in [-0.2, -0.15) is 0 Å². The van der Waals surface area contributed by atoms with Crippen LogP contribution in [0.2, 0.25) is 5.02 Å². The molecular weight excluding hydrogens is 296 g/mol. The molecule has 0 bridgehead atoms. The Hall–Kier alpha value is -1.39. The van der Waals surface area contributed by atoms with Crippen molar-refractivity contribution in [3.8, 4) is 0 Å². The fraction of sp³-hybridized carbons (Fsp3) is 0.529. The summed E-state index contributed by atoms with van der Waals surface area (Å²) in [7, 11) is 0. The van der Waals surface area contributed by atoms with Crippen LogP contribution in [0.1, 0.15) is 42.4 Å². The number of nitrogens with zero attached hydrogens (tertiary/aromatic N) is 4. The third-order valence-electron chi connectivity index (χ3n) is 4.88. The molecule has 4 nitrogen and oxygen atoms in total. The number of fused-ring (bicyclic) bond motifs is 1. The molecule has 1 saturated heterocycles. The van der Waals surface area contributed by atoms with Gasteiger partial charge in [-0.05, 0) is 44.2 Å². The van der Waals surface area contributed by atoms with E-state index in [2.05, 4.69) is 25.8 Å². The van der Waals surface area contributed by atoms with Crippen molar-refractivity contribution in [2.24, 2.45) is 0 Å². The van der Waals surface area contributed by atoms with Crippen LogP contribution in [0, 0.1) is 0 Å². The zero-order valence-corrected chi connectivity index (χ0v) is 13.5. The second-order valence-corrected chi connectivity index (χ2v) is 6.83. The van der Waals surface area contributed by atoms with Gasteiger partial charge >= 0.3 is 0 Å². The molecular formula is C17H21ClN4. The van der Waals surface area contributed by atoms with E-state index in [1.807, 2.05) is 12.1 Å². The van der Waals surface area contributed by atoms with Gasteiger partial charge in [0.25, 0.3) is 0 Å². The van der Waals surface area contributed by atoms with E-state index in [0.29, 0.717) is 11.1 Å². The van der Waals surface area contributed by atoms with E-state index in [9.17, 15) is 0 Å². The zero-order chi connectivity index (χ0) is 14.9. The predicted molar refractivity (Wildman–Crippen MR) is 87.0 cm³/mol. The molecule has 1 aliphatic heterocycles. The summed E-state index contributed by atoms with van der Waals surface area (Å²) in [6, 6.07) is 4.51. The standard InChI is InChI=1S/C17H21ClN4/c18-13-5-6-14(19-9-13)10-21-8-7-15(11-21)22-12-20-16-3-1-2-4-17(16)22/h5-6,9,12,15H,1-4,7-8,10-11H2/t15-/m1/s1. The monoisotopic (exact) mass is 316 g/mol. The van der Waals surface area contributed by atoms with E-state index < -0.39 is 0 Å². The minimum Gasteiger partial charge on any atom is -0.330 e. The summed E-state index contributed by atoms with van der Waals surface area (Å²) in [4.78, 5) is 11.5. The Balaban J connectivity index is 1.44. The molecule has 22 heavy (non-hydrogen) atoms. The van der Waals surface area contributed by atoms with Crippen molar-refractivity contribution in [2.45, 2.75) is 44.7 Å². The van der Waals surface area contributed by atoms with Crippen LogP contribution in [0.3, 0.4) is 0 Å². The lowest BCUT2D eigenvalue weighted by Gasteiger charge is -2.20. The van der Waals surface area contributed by atoms with Crippen LogP contribution in [-0.2, 0) is 19.4 Å². The van der Waals surface area contributed by atoms with Crippen molar-refractivity contribution in [3.63, 3.8) is 0 Å². The fourth-order valence-electron chi connectivity index (χ4n) is 3.72. The Morgan fingerprint density at radius 3 is 2.95 bits per heavy atom. The topological polar surface area (TPSA) is 34.0 Å². The number of hydrogen-bond acceptors (Lipinski definition) is 3. The lowest BCUT2D eigenvalue weighted by molar-refractivity contribution is 0.311. The summed E-state index contributed by atoms with van der Waals surface area (Å²) >= 11 is 5.90. The second-order valence-electron chi connectivity index (χ2n) is 6.40. The maximum atomic E-state index is 5.90. The van der Waals surface area contributed by atoms with E-state index in [4.69, 9.17) is 11.6 Å². The van der Waals surface area contributed by atoms with Gasteiger partial charge in [0, 0.05) is 37.6 Å². The van der Waals surface area contributed by atoms with E-state index in [1.54, 1.807) is 6.20 Å². The third kappa shape index (κ3) is 2.77. The Labute approximate surface area is 136 Å². The first-order valence-corrected chi connectivity index (χ1v) is 8.55. The minimum absolute atomic E-state index is 0.571. The van der Waals surface area contributed by atoms with Crippen molar-refractivity contribution in [1.29, 1.82) is 0 Å².